The van der Waals surface area contributed by atoms with E-state index in [1.807, 2.05) is 23.9 Å². The van der Waals surface area contributed by atoms with Gasteiger partial charge in [0.15, 0.2) is 5.96 Å². The highest BCUT2D eigenvalue weighted by molar-refractivity contribution is 14.0. The van der Waals surface area contributed by atoms with Crippen LogP contribution in [0.15, 0.2) is 58.4 Å². The van der Waals surface area contributed by atoms with Gasteiger partial charge in [0.2, 0.25) is 0 Å². The molecule has 0 unspecified atom stereocenters. The first-order valence-corrected chi connectivity index (χ1v) is 9.91. The Morgan fingerprint density at radius 1 is 1.18 bits per heavy atom. The van der Waals surface area contributed by atoms with E-state index >= 15 is 0 Å². The maximum Gasteiger partial charge on any atom is 0.191 e. The van der Waals surface area contributed by atoms with E-state index in [-0.39, 0.29) is 41.1 Å². The zero-order valence-corrected chi connectivity index (χ0v) is 19.4. The van der Waals surface area contributed by atoms with Crippen molar-refractivity contribution in [1.29, 1.82) is 0 Å². The van der Waals surface area contributed by atoms with E-state index in [4.69, 9.17) is 4.74 Å². The Kier molecular flexibility index (Phi) is 9.04. The summed E-state index contributed by atoms with van der Waals surface area (Å²) in [6.45, 7) is 1.71. The van der Waals surface area contributed by atoms with Crippen LogP contribution < -0.4 is 10.6 Å². The van der Waals surface area contributed by atoms with Crippen molar-refractivity contribution < 1.29 is 9.13 Å². The number of nitrogens with zero attached hydrogens (tertiary/aromatic N) is 1. The summed E-state index contributed by atoms with van der Waals surface area (Å²) in [5, 5.41) is 6.74. The summed E-state index contributed by atoms with van der Waals surface area (Å²) >= 11 is 1.93. The molecule has 0 bridgehead atoms. The smallest absolute Gasteiger partial charge is 0.191 e. The summed E-state index contributed by atoms with van der Waals surface area (Å²) in [4.78, 5) is 5.61. The van der Waals surface area contributed by atoms with Gasteiger partial charge in [-0.15, -0.1) is 35.7 Å². The van der Waals surface area contributed by atoms with Gasteiger partial charge in [-0.1, -0.05) is 24.3 Å². The van der Waals surface area contributed by atoms with Gasteiger partial charge in [-0.2, -0.15) is 0 Å². The van der Waals surface area contributed by atoms with Gasteiger partial charge in [-0.3, -0.25) is 4.99 Å². The van der Waals surface area contributed by atoms with Crippen molar-refractivity contribution >= 4 is 41.7 Å². The van der Waals surface area contributed by atoms with Gasteiger partial charge in [-0.25, -0.2) is 4.39 Å². The zero-order valence-electron chi connectivity index (χ0n) is 16.2. The van der Waals surface area contributed by atoms with Crippen LogP contribution in [0.3, 0.4) is 0 Å². The van der Waals surface area contributed by atoms with Crippen LogP contribution in [0.25, 0.3) is 0 Å². The van der Waals surface area contributed by atoms with Crippen molar-refractivity contribution in [2.24, 2.45) is 4.99 Å². The van der Waals surface area contributed by atoms with Crippen molar-refractivity contribution in [3.05, 3.63) is 65.5 Å². The molecule has 4 nitrogen and oxygen atoms in total. The van der Waals surface area contributed by atoms with Crippen molar-refractivity contribution in [2.45, 2.75) is 35.6 Å². The summed E-state index contributed by atoms with van der Waals surface area (Å²) in [6, 6.07) is 15.6. The van der Waals surface area contributed by atoms with Gasteiger partial charge in [0.05, 0.1) is 6.61 Å². The summed E-state index contributed by atoms with van der Waals surface area (Å²) in [5.41, 5.74) is 1.56. The Labute approximate surface area is 187 Å². The molecule has 1 aliphatic rings. The first-order chi connectivity index (χ1) is 13.1. The minimum absolute atomic E-state index is 0. The van der Waals surface area contributed by atoms with Crippen LogP contribution >= 0.6 is 35.7 Å². The van der Waals surface area contributed by atoms with Gasteiger partial charge < -0.3 is 15.4 Å². The average Bonchev–Trinajstić information content (AvgIpc) is 3.45. The molecule has 1 fully saturated rings. The molecule has 28 heavy (non-hydrogen) atoms. The van der Waals surface area contributed by atoms with E-state index in [1.165, 1.54) is 23.8 Å². The van der Waals surface area contributed by atoms with E-state index in [0.29, 0.717) is 12.1 Å². The number of methoxy groups -OCH3 is 1. The maximum absolute atomic E-state index is 13.7. The predicted molar refractivity (Wildman–Crippen MR) is 125 cm³/mol. The maximum atomic E-state index is 13.7. The van der Waals surface area contributed by atoms with Crippen molar-refractivity contribution in [3.8, 4) is 0 Å². The Balaban J connectivity index is 0.00000280. The van der Waals surface area contributed by atoms with Gasteiger partial charge in [0, 0.05) is 42.5 Å². The minimum atomic E-state index is -0.239. The molecule has 1 saturated carbocycles. The molecule has 2 aromatic rings. The summed E-state index contributed by atoms with van der Waals surface area (Å²) < 4.78 is 19.0. The average molecular weight is 515 g/mol. The summed E-state index contributed by atoms with van der Waals surface area (Å²) in [7, 11) is 3.33. The lowest BCUT2D eigenvalue weighted by Crippen LogP contribution is -2.40. The molecule has 0 aliphatic heterocycles. The van der Waals surface area contributed by atoms with Crippen molar-refractivity contribution in [3.63, 3.8) is 0 Å². The Morgan fingerprint density at radius 2 is 1.93 bits per heavy atom. The highest BCUT2D eigenvalue weighted by Crippen LogP contribution is 2.51. The molecular formula is C21H27FIN3OS. The number of thioether (sulfide) groups is 1. The number of aliphatic imine (C=N–C) groups is 1. The molecule has 0 spiro atoms. The molecule has 0 amide bonds. The topological polar surface area (TPSA) is 45.7 Å². The number of nitrogens with one attached hydrogen (secondary N) is 2. The van der Waals surface area contributed by atoms with Crippen LogP contribution in [0.4, 0.5) is 4.39 Å². The fraction of sp³-hybridized carbons (Fsp3) is 0.381. The van der Waals surface area contributed by atoms with Gasteiger partial charge in [0.1, 0.15) is 5.82 Å². The van der Waals surface area contributed by atoms with Crippen LogP contribution in [0.5, 0.6) is 0 Å². The fourth-order valence-electron chi connectivity index (χ4n) is 2.85. The third-order valence-electron chi connectivity index (χ3n) is 4.56. The number of benzene rings is 2. The molecule has 152 valence electrons. The zero-order chi connectivity index (χ0) is 19.1. The predicted octanol–water partition coefficient (Wildman–Crippen LogP) is 4.58. The third kappa shape index (κ3) is 6.63. The summed E-state index contributed by atoms with van der Waals surface area (Å²) in [5.74, 6) is 0.518. The van der Waals surface area contributed by atoms with Crippen LogP contribution in [-0.2, 0) is 17.9 Å². The van der Waals surface area contributed by atoms with Crippen molar-refractivity contribution in [1.82, 2.24) is 10.6 Å². The molecule has 1 aliphatic carbocycles. The number of halogens is 2. The molecule has 0 atom stereocenters. The number of guanidine groups is 1. The molecule has 0 saturated heterocycles. The molecule has 2 aromatic carbocycles. The third-order valence-corrected chi connectivity index (χ3v) is 6.05. The molecular weight excluding hydrogens is 488 g/mol. The van der Waals surface area contributed by atoms with Crippen molar-refractivity contribution in [2.75, 3.05) is 20.7 Å². The molecule has 7 heteroatoms. The second-order valence-electron chi connectivity index (χ2n) is 6.74. The Hall–Kier alpha value is -1.32. The minimum Gasteiger partial charge on any atom is -0.380 e. The number of ether oxygens (including phenoxy) is 1. The number of hydrogen-bond acceptors (Lipinski definition) is 3. The first-order valence-electron chi connectivity index (χ1n) is 9.09. The fourth-order valence-corrected chi connectivity index (χ4v) is 4.09. The molecule has 0 aromatic heterocycles. The van der Waals surface area contributed by atoms with E-state index in [2.05, 4.69) is 39.9 Å². The Morgan fingerprint density at radius 3 is 2.57 bits per heavy atom. The first kappa shape index (κ1) is 23.0. The van der Waals surface area contributed by atoms with Crippen LogP contribution in [-0.4, -0.2) is 31.4 Å². The SMILES string of the molecule is CN=C(NCc1ccc(F)c(COC)c1)NCC1(Sc2ccccc2)CC1.I. The van der Waals surface area contributed by atoms with Crippen LogP contribution in [0.2, 0.25) is 0 Å². The quantitative estimate of drug-likeness (QED) is 0.307. The highest BCUT2D eigenvalue weighted by Gasteiger charge is 2.43. The largest absolute Gasteiger partial charge is 0.380 e. The molecule has 0 radical (unpaired) electrons. The lowest BCUT2D eigenvalue weighted by Gasteiger charge is -2.18. The lowest BCUT2D eigenvalue weighted by molar-refractivity contribution is 0.181. The lowest BCUT2D eigenvalue weighted by atomic mass is 10.1. The van der Waals surface area contributed by atoms with Crippen LogP contribution in [0, 0.1) is 5.82 Å². The molecule has 3 rings (SSSR count). The Bertz CT molecular complexity index is 784. The second-order valence-corrected chi connectivity index (χ2v) is 8.28. The van der Waals surface area contributed by atoms with E-state index in [9.17, 15) is 4.39 Å². The second kappa shape index (κ2) is 11.0. The van der Waals surface area contributed by atoms with Gasteiger partial charge >= 0.3 is 0 Å². The summed E-state index contributed by atoms with van der Waals surface area (Å²) in [6.07, 6.45) is 2.41. The molecule has 2 N–H and O–H groups in total. The van der Waals surface area contributed by atoms with E-state index < -0.39 is 0 Å². The van der Waals surface area contributed by atoms with Crippen LogP contribution in [0.1, 0.15) is 24.0 Å². The van der Waals surface area contributed by atoms with Gasteiger partial charge in [-0.05, 0) is 42.7 Å². The van der Waals surface area contributed by atoms with E-state index in [0.717, 1.165) is 18.1 Å². The normalized spacial score (nSPS) is 14.9. The molecule has 0 heterocycles. The highest BCUT2D eigenvalue weighted by atomic mass is 127. The number of hydrogen-bond donors (Lipinski definition) is 2. The standard InChI is InChI=1S/C21H26FN3OS.HI/c1-23-20(24-13-16-8-9-19(22)17(12-16)14-26-2)25-15-21(10-11-21)27-18-6-4-3-5-7-18;/h3-9,12H,10-11,13-15H2,1-2H3,(H2,23,24,25);1H. The van der Waals surface area contributed by atoms with Gasteiger partial charge in [0.25, 0.3) is 0 Å². The monoisotopic (exact) mass is 515 g/mol. The number of rotatable bonds is 8. The van der Waals surface area contributed by atoms with E-state index in [1.54, 1.807) is 20.2 Å².